The van der Waals surface area contributed by atoms with Crippen molar-refractivity contribution in [3.05, 3.63) is 58.7 Å². The van der Waals surface area contributed by atoms with Gasteiger partial charge < -0.3 is 5.32 Å². The topological polar surface area (TPSA) is 75.3 Å². The van der Waals surface area contributed by atoms with Gasteiger partial charge in [0, 0.05) is 11.6 Å². The van der Waals surface area contributed by atoms with Crippen LogP contribution in [0.5, 0.6) is 0 Å². The fourth-order valence-electron chi connectivity index (χ4n) is 2.89. The first-order valence-corrected chi connectivity index (χ1v) is 10.6. The lowest BCUT2D eigenvalue weighted by Crippen LogP contribution is -2.32. The molecule has 2 rings (SSSR count). The van der Waals surface area contributed by atoms with Crippen molar-refractivity contribution in [2.24, 2.45) is 0 Å². The maximum Gasteiger partial charge on any atom is 0.262 e. The van der Waals surface area contributed by atoms with Gasteiger partial charge >= 0.3 is 0 Å². The van der Waals surface area contributed by atoms with Gasteiger partial charge in [-0.25, -0.2) is 8.42 Å². The third-order valence-electron chi connectivity index (χ3n) is 4.48. The maximum atomic E-state index is 12.9. The van der Waals surface area contributed by atoms with E-state index < -0.39 is 10.0 Å². The molecule has 146 valence electrons. The average molecular weight is 389 g/mol. The summed E-state index contributed by atoms with van der Waals surface area (Å²) < 4.78 is 28.5. The van der Waals surface area contributed by atoms with Crippen molar-refractivity contribution < 1.29 is 13.2 Å². The van der Waals surface area contributed by atoms with E-state index in [0.29, 0.717) is 16.8 Å². The molecule has 0 aromatic heterocycles. The van der Waals surface area contributed by atoms with E-state index in [0.717, 1.165) is 24.0 Å². The molecule has 0 heterocycles. The molecule has 0 aliphatic rings. The lowest BCUT2D eigenvalue weighted by atomic mass is 10.1. The van der Waals surface area contributed by atoms with Gasteiger partial charge in [-0.05, 0) is 69.0 Å². The van der Waals surface area contributed by atoms with E-state index in [-0.39, 0.29) is 16.8 Å². The van der Waals surface area contributed by atoms with Gasteiger partial charge in [-0.2, -0.15) is 0 Å². The van der Waals surface area contributed by atoms with Gasteiger partial charge in [-0.15, -0.1) is 0 Å². The molecule has 0 bridgehead atoms. The molecule has 0 unspecified atom stereocenters. The van der Waals surface area contributed by atoms with Crippen LogP contribution >= 0.6 is 0 Å². The molecule has 0 aliphatic carbocycles. The summed E-state index contributed by atoms with van der Waals surface area (Å²) in [6.45, 7) is 9.47. The van der Waals surface area contributed by atoms with Gasteiger partial charge in [0.25, 0.3) is 15.9 Å². The zero-order valence-corrected chi connectivity index (χ0v) is 17.4. The Morgan fingerprint density at radius 1 is 1.04 bits per heavy atom. The number of carbonyl (C=O) groups is 1. The number of aryl methyl sites for hydroxylation is 3. The average Bonchev–Trinajstić information content (AvgIpc) is 2.58. The van der Waals surface area contributed by atoms with E-state index >= 15 is 0 Å². The van der Waals surface area contributed by atoms with Crippen molar-refractivity contribution in [1.82, 2.24) is 5.32 Å². The number of sulfonamides is 1. The lowest BCUT2D eigenvalue weighted by Gasteiger charge is -2.15. The number of hydrogen-bond donors (Lipinski definition) is 2. The smallest absolute Gasteiger partial charge is 0.262 e. The van der Waals surface area contributed by atoms with Crippen LogP contribution in [0.3, 0.4) is 0 Å². The van der Waals surface area contributed by atoms with Crippen LogP contribution in [0.1, 0.15) is 53.7 Å². The molecule has 5 nitrogen and oxygen atoms in total. The standard InChI is InChI=1S/C21H28N2O3S/c1-6-7-17(5)22-21(24)18-11-10-16(4)20(13-18)27(25,26)23-19-12-14(2)8-9-15(19)3/h8-13,17,23H,6-7H2,1-5H3,(H,22,24)/t17-/m1/s1. The van der Waals surface area contributed by atoms with Gasteiger partial charge in [0.15, 0.2) is 0 Å². The van der Waals surface area contributed by atoms with Crippen LogP contribution in [0.2, 0.25) is 0 Å². The molecule has 0 saturated heterocycles. The minimum Gasteiger partial charge on any atom is -0.350 e. The van der Waals surface area contributed by atoms with Crippen molar-refractivity contribution in [1.29, 1.82) is 0 Å². The van der Waals surface area contributed by atoms with Crippen LogP contribution in [0, 0.1) is 20.8 Å². The maximum absolute atomic E-state index is 12.9. The number of hydrogen-bond acceptors (Lipinski definition) is 3. The van der Waals surface area contributed by atoms with Gasteiger partial charge in [0.1, 0.15) is 0 Å². The summed E-state index contributed by atoms with van der Waals surface area (Å²) in [6.07, 6.45) is 1.84. The normalized spacial score (nSPS) is 12.5. The molecular formula is C21H28N2O3S. The van der Waals surface area contributed by atoms with Crippen molar-refractivity contribution in [2.45, 2.75) is 58.4 Å². The summed E-state index contributed by atoms with van der Waals surface area (Å²) in [6, 6.07) is 10.4. The molecule has 2 N–H and O–H groups in total. The number of carbonyl (C=O) groups excluding carboxylic acids is 1. The summed E-state index contributed by atoms with van der Waals surface area (Å²) in [5.41, 5.74) is 3.27. The van der Waals surface area contributed by atoms with Crippen molar-refractivity contribution >= 4 is 21.6 Å². The Hall–Kier alpha value is -2.34. The summed E-state index contributed by atoms with van der Waals surface area (Å²) in [4.78, 5) is 12.6. The molecule has 0 fully saturated rings. The number of benzene rings is 2. The highest BCUT2D eigenvalue weighted by atomic mass is 32.2. The van der Waals surface area contributed by atoms with Gasteiger partial charge in [-0.1, -0.05) is 31.5 Å². The van der Waals surface area contributed by atoms with Crippen LogP contribution in [0.15, 0.2) is 41.3 Å². The second-order valence-corrected chi connectivity index (χ2v) is 8.72. The van der Waals surface area contributed by atoms with Crippen molar-refractivity contribution in [3.63, 3.8) is 0 Å². The quantitative estimate of drug-likeness (QED) is 0.741. The highest BCUT2D eigenvalue weighted by Crippen LogP contribution is 2.24. The highest BCUT2D eigenvalue weighted by Gasteiger charge is 2.20. The number of rotatable bonds is 7. The zero-order chi connectivity index (χ0) is 20.2. The summed E-state index contributed by atoms with van der Waals surface area (Å²) in [7, 11) is -3.81. The van der Waals surface area contributed by atoms with Crippen LogP contribution < -0.4 is 10.0 Å². The Labute approximate surface area is 162 Å². The number of anilines is 1. The van der Waals surface area contributed by atoms with E-state index in [9.17, 15) is 13.2 Å². The second kappa shape index (κ2) is 8.57. The third kappa shape index (κ3) is 5.32. The van der Waals surface area contributed by atoms with E-state index in [1.165, 1.54) is 6.07 Å². The fourth-order valence-corrected chi connectivity index (χ4v) is 4.28. The van der Waals surface area contributed by atoms with Gasteiger partial charge in [-0.3, -0.25) is 9.52 Å². The molecule has 0 saturated carbocycles. The SMILES string of the molecule is CCC[C@@H](C)NC(=O)c1ccc(C)c(S(=O)(=O)Nc2cc(C)ccc2C)c1. The molecule has 0 aliphatic heterocycles. The minimum absolute atomic E-state index is 0.0388. The molecule has 0 spiro atoms. The monoisotopic (exact) mass is 388 g/mol. The highest BCUT2D eigenvalue weighted by molar-refractivity contribution is 7.92. The Morgan fingerprint density at radius 3 is 2.37 bits per heavy atom. The summed E-state index contributed by atoms with van der Waals surface area (Å²) in [5, 5.41) is 2.91. The first-order chi connectivity index (χ1) is 12.6. The van der Waals surface area contributed by atoms with Crippen LogP contribution in [0.25, 0.3) is 0 Å². The Kier molecular flexibility index (Phi) is 6.65. The minimum atomic E-state index is -3.81. The Morgan fingerprint density at radius 2 is 1.70 bits per heavy atom. The predicted octanol–water partition coefficient (Wildman–Crippen LogP) is 4.33. The molecule has 0 radical (unpaired) electrons. The first kappa shape index (κ1) is 21.0. The van der Waals surface area contributed by atoms with Crippen LogP contribution in [-0.4, -0.2) is 20.4 Å². The number of amides is 1. The molecule has 2 aromatic carbocycles. The van der Waals surface area contributed by atoms with Gasteiger partial charge in [0.2, 0.25) is 0 Å². The van der Waals surface area contributed by atoms with Crippen molar-refractivity contribution in [3.8, 4) is 0 Å². The fraction of sp³-hybridized carbons (Fsp3) is 0.381. The van der Waals surface area contributed by atoms with E-state index in [1.54, 1.807) is 25.1 Å². The molecule has 27 heavy (non-hydrogen) atoms. The van der Waals surface area contributed by atoms with Crippen LogP contribution in [-0.2, 0) is 10.0 Å². The lowest BCUT2D eigenvalue weighted by molar-refractivity contribution is 0.0938. The Balaban J connectivity index is 2.33. The summed E-state index contributed by atoms with van der Waals surface area (Å²) >= 11 is 0. The first-order valence-electron chi connectivity index (χ1n) is 9.15. The zero-order valence-electron chi connectivity index (χ0n) is 16.6. The number of nitrogens with one attached hydrogen (secondary N) is 2. The van der Waals surface area contributed by atoms with E-state index in [4.69, 9.17) is 0 Å². The van der Waals surface area contributed by atoms with E-state index in [1.807, 2.05) is 32.9 Å². The molecule has 1 atom stereocenters. The molecule has 2 aromatic rings. The largest absolute Gasteiger partial charge is 0.350 e. The molecule has 6 heteroatoms. The second-order valence-electron chi connectivity index (χ2n) is 7.07. The molecular weight excluding hydrogens is 360 g/mol. The third-order valence-corrected chi connectivity index (χ3v) is 5.98. The summed E-state index contributed by atoms with van der Waals surface area (Å²) in [5.74, 6) is -0.265. The predicted molar refractivity (Wildman–Crippen MR) is 110 cm³/mol. The van der Waals surface area contributed by atoms with E-state index in [2.05, 4.69) is 17.0 Å². The van der Waals surface area contributed by atoms with Crippen molar-refractivity contribution in [2.75, 3.05) is 4.72 Å². The Bertz CT molecular complexity index is 936. The molecule has 1 amide bonds. The van der Waals surface area contributed by atoms with Gasteiger partial charge in [0.05, 0.1) is 10.6 Å². The van der Waals surface area contributed by atoms with Crippen LogP contribution in [0.4, 0.5) is 5.69 Å².